The van der Waals surface area contributed by atoms with E-state index in [1.54, 1.807) is 30.3 Å². The number of hydrogen-bond acceptors (Lipinski definition) is 3. The Labute approximate surface area is 178 Å². The standard InChI is InChI=1S/C24H27NO4S/c1-17(2)18-11-13-21-19(16-23(24(26)27)22(21)14-12-18)8-6-7-15-30(28,29)25-20-9-4-3-5-10-20/h3-5,9-14,16-17,25H,6-8,15H2,1-2H3,(H,26,27). The van der Waals surface area contributed by atoms with E-state index in [1.807, 2.05) is 30.3 Å². The molecule has 2 aliphatic carbocycles. The average Bonchev–Trinajstić information content (AvgIpc) is 2.88. The maximum atomic E-state index is 12.3. The molecule has 0 spiro atoms. The second-order valence-corrected chi connectivity index (χ2v) is 9.62. The van der Waals surface area contributed by atoms with Gasteiger partial charge in [0, 0.05) is 5.69 Å². The van der Waals surface area contributed by atoms with Crippen LogP contribution in [0.4, 0.5) is 5.69 Å². The summed E-state index contributed by atoms with van der Waals surface area (Å²) in [6.45, 7) is 4.20. The molecule has 0 aliphatic heterocycles. The van der Waals surface area contributed by atoms with Crippen molar-refractivity contribution < 1.29 is 18.3 Å². The first-order chi connectivity index (χ1) is 14.3. The molecule has 158 valence electrons. The van der Waals surface area contributed by atoms with Gasteiger partial charge >= 0.3 is 5.97 Å². The molecule has 0 fully saturated rings. The molecule has 0 radical (unpaired) electrons. The SMILES string of the molecule is CC(C)c1ccc2c(CCCCS(=O)(=O)Nc3ccccc3)cc(C(=O)O)c-2cc1. The van der Waals surface area contributed by atoms with E-state index < -0.39 is 16.0 Å². The largest absolute Gasteiger partial charge is 0.478 e. The minimum absolute atomic E-state index is 0.0254. The van der Waals surface area contributed by atoms with Gasteiger partial charge < -0.3 is 5.11 Å². The molecule has 30 heavy (non-hydrogen) atoms. The first-order valence-electron chi connectivity index (χ1n) is 10.1. The first-order valence-corrected chi connectivity index (χ1v) is 11.8. The van der Waals surface area contributed by atoms with Gasteiger partial charge in [0.2, 0.25) is 10.0 Å². The predicted molar refractivity (Wildman–Crippen MR) is 121 cm³/mol. The number of para-hydroxylation sites is 1. The summed E-state index contributed by atoms with van der Waals surface area (Å²) >= 11 is 0. The Balaban J connectivity index is 1.69. The zero-order valence-electron chi connectivity index (χ0n) is 17.3. The summed E-state index contributed by atoms with van der Waals surface area (Å²) in [5.74, 6) is -0.573. The molecule has 0 atom stereocenters. The summed E-state index contributed by atoms with van der Waals surface area (Å²) in [4.78, 5) is 11.7. The van der Waals surface area contributed by atoms with Gasteiger partial charge in [0.25, 0.3) is 0 Å². The molecular formula is C24H27NO4S. The van der Waals surface area contributed by atoms with Crippen LogP contribution >= 0.6 is 0 Å². The van der Waals surface area contributed by atoms with Crippen LogP contribution in [-0.4, -0.2) is 25.2 Å². The number of carboxylic acids is 1. The van der Waals surface area contributed by atoms with Crippen molar-refractivity contribution >= 4 is 21.7 Å². The minimum atomic E-state index is -3.41. The van der Waals surface area contributed by atoms with E-state index in [4.69, 9.17) is 0 Å². The van der Waals surface area contributed by atoms with Crippen LogP contribution < -0.4 is 4.72 Å². The Morgan fingerprint density at radius 1 is 0.967 bits per heavy atom. The number of sulfonamides is 1. The summed E-state index contributed by atoms with van der Waals surface area (Å²) in [7, 11) is -3.41. The molecule has 0 aromatic heterocycles. The van der Waals surface area contributed by atoms with Crippen molar-refractivity contribution in [2.45, 2.75) is 39.0 Å². The smallest absolute Gasteiger partial charge is 0.336 e. The van der Waals surface area contributed by atoms with Gasteiger partial charge in [0.15, 0.2) is 0 Å². The third kappa shape index (κ3) is 5.39. The van der Waals surface area contributed by atoms with Crippen molar-refractivity contribution in [1.29, 1.82) is 0 Å². The number of aromatic carboxylic acids is 1. The summed E-state index contributed by atoms with van der Waals surface area (Å²) in [5.41, 5.74) is 4.59. The number of nitrogens with one attached hydrogen (secondary N) is 1. The number of benzene rings is 1. The highest BCUT2D eigenvalue weighted by Crippen LogP contribution is 2.34. The van der Waals surface area contributed by atoms with E-state index in [2.05, 4.69) is 18.6 Å². The highest BCUT2D eigenvalue weighted by Gasteiger charge is 2.20. The Morgan fingerprint density at radius 2 is 1.63 bits per heavy atom. The van der Waals surface area contributed by atoms with Crippen molar-refractivity contribution in [3.63, 3.8) is 0 Å². The highest BCUT2D eigenvalue weighted by molar-refractivity contribution is 7.92. The number of fused-ring (bicyclic) bond motifs is 1. The lowest BCUT2D eigenvalue weighted by molar-refractivity contribution is 0.0698. The van der Waals surface area contributed by atoms with Gasteiger partial charge in [-0.1, -0.05) is 56.3 Å². The molecule has 0 unspecified atom stereocenters. The fourth-order valence-corrected chi connectivity index (χ4v) is 4.73. The molecule has 0 amide bonds. The van der Waals surface area contributed by atoms with E-state index >= 15 is 0 Å². The summed E-state index contributed by atoms with van der Waals surface area (Å²) in [6.07, 6.45) is 1.78. The molecule has 6 heteroatoms. The highest BCUT2D eigenvalue weighted by atomic mass is 32.2. The fraction of sp³-hybridized carbons (Fsp3) is 0.292. The zero-order valence-corrected chi connectivity index (χ0v) is 18.1. The Bertz CT molecular complexity index is 1090. The van der Waals surface area contributed by atoms with Crippen molar-refractivity contribution in [2.75, 3.05) is 10.5 Å². The van der Waals surface area contributed by atoms with Gasteiger partial charge in [0.05, 0.1) is 11.3 Å². The van der Waals surface area contributed by atoms with Crippen LogP contribution in [0, 0.1) is 0 Å². The van der Waals surface area contributed by atoms with Crippen LogP contribution in [0.3, 0.4) is 0 Å². The van der Waals surface area contributed by atoms with Crippen molar-refractivity contribution in [3.8, 4) is 11.1 Å². The van der Waals surface area contributed by atoms with Crippen LogP contribution in [0.5, 0.6) is 0 Å². The maximum Gasteiger partial charge on any atom is 0.336 e. The van der Waals surface area contributed by atoms with Crippen molar-refractivity contribution in [3.05, 3.63) is 77.4 Å². The van der Waals surface area contributed by atoms with E-state index in [9.17, 15) is 18.3 Å². The van der Waals surface area contributed by atoms with Gasteiger partial charge in [-0.2, -0.15) is 0 Å². The van der Waals surface area contributed by atoms with E-state index in [-0.39, 0.29) is 5.75 Å². The van der Waals surface area contributed by atoms with Gasteiger partial charge in [0.1, 0.15) is 0 Å². The number of unbranched alkanes of at least 4 members (excludes halogenated alkanes) is 1. The maximum absolute atomic E-state index is 12.3. The quantitative estimate of drug-likeness (QED) is 0.451. The average molecular weight is 426 g/mol. The van der Waals surface area contributed by atoms with E-state index in [0.29, 0.717) is 36.4 Å². The fourth-order valence-electron chi connectivity index (χ4n) is 3.55. The normalized spacial score (nSPS) is 11.7. The number of anilines is 1. The molecule has 0 saturated carbocycles. The van der Waals surface area contributed by atoms with Gasteiger partial charge in [-0.25, -0.2) is 13.2 Å². The molecule has 1 aromatic rings. The van der Waals surface area contributed by atoms with Crippen LogP contribution in [-0.2, 0) is 16.4 Å². The molecule has 2 aliphatic rings. The van der Waals surface area contributed by atoms with Gasteiger partial charge in [-0.15, -0.1) is 0 Å². The second-order valence-electron chi connectivity index (χ2n) is 7.78. The number of carbonyl (C=O) groups is 1. The van der Waals surface area contributed by atoms with E-state index in [1.165, 1.54) is 0 Å². The van der Waals surface area contributed by atoms with Gasteiger partial charge in [-0.05, 0) is 65.6 Å². The number of rotatable bonds is 9. The lowest BCUT2D eigenvalue weighted by Crippen LogP contribution is -2.16. The molecule has 5 nitrogen and oxygen atoms in total. The van der Waals surface area contributed by atoms with Crippen LogP contribution in [0.25, 0.3) is 11.1 Å². The Kier molecular flexibility index (Phi) is 6.77. The lowest BCUT2D eigenvalue weighted by atomic mass is 10.0. The zero-order chi connectivity index (χ0) is 21.7. The third-order valence-electron chi connectivity index (χ3n) is 5.18. The summed E-state index contributed by atoms with van der Waals surface area (Å²) in [6, 6.07) is 18.4. The summed E-state index contributed by atoms with van der Waals surface area (Å²) in [5, 5.41) is 9.59. The number of aryl methyl sites for hydroxylation is 1. The lowest BCUT2D eigenvalue weighted by Gasteiger charge is -2.08. The molecule has 0 bridgehead atoms. The molecule has 0 heterocycles. The molecule has 0 saturated heterocycles. The second kappa shape index (κ2) is 9.30. The minimum Gasteiger partial charge on any atom is -0.478 e. The van der Waals surface area contributed by atoms with E-state index in [0.717, 1.165) is 22.3 Å². The van der Waals surface area contributed by atoms with Crippen molar-refractivity contribution in [1.82, 2.24) is 0 Å². The monoisotopic (exact) mass is 425 g/mol. The number of carboxylic acid groups (broad SMARTS) is 1. The third-order valence-corrected chi connectivity index (χ3v) is 6.56. The van der Waals surface area contributed by atoms with Crippen LogP contribution in [0.2, 0.25) is 0 Å². The van der Waals surface area contributed by atoms with Crippen LogP contribution in [0.1, 0.15) is 54.1 Å². The Hall–Kier alpha value is -2.86. The summed E-state index contributed by atoms with van der Waals surface area (Å²) < 4.78 is 27.1. The topological polar surface area (TPSA) is 83.5 Å². The van der Waals surface area contributed by atoms with Crippen molar-refractivity contribution in [2.24, 2.45) is 0 Å². The predicted octanol–water partition coefficient (Wildman–Crippen LogP) is 5.38. The number of hydrogen-bond donors (Lipinski definition) is 2. The molecular weight excluding hydrogens is 398 g/mol. The molecule has 3 rings (SSSR count). The molecule has 1 aromatic carbocycles. The first kappa shape index (κ1) is 21.8. The van der Waals surface area contributed by atoms with Gasteiger partial charge in [-0.3, -0.25) is 4.72 Å². The Morgan fingerprint density at radius 3 is 2.27 bits per heavy atom. The molecule has 2 N–H and O–H groups in total. The van der Waals surface area contributed by atoms with Crippen LogP contribution in [0.15, 0.2) is 60.7 Å².